The van der Waals surface area contributed by atoms with Gasteiger partial charge in [0.05, 0.1) is 10.5 Å². The number of nitro benzene ring substituents is 1. The zero-order valence-electron chi connectivity index (χ0n) is 16.2. The molecule has 3 aromatic carbocycles. The maximum Gasteiger partial charge on any atom is 0.331 e. The van der Waals surface area contributed by atoms with E-state index in [-0.39, 0.29) is 11.1 Å². The van der Waals surface area contributed by atoms with Gasteiger partial charge in [-0.3, -0.25) is 24.6 Å². The smallest absolute Gasteiger partial charge is 0.331 e. The molecule has 3 aromatic rings. The molecule has 31 heavy (non-hydrogen) atoms. The number of hydrogen-bond acceptors (Lipinski definition) is 6. The Bertz CT molecular complexity index is 1210. The van der Waals surface area contributed by atoms with Crippen molar-refractivity contribution in [2.75, 3.05) is 6.54 Å². The molecule has 0 saturated carbocycles. The van der Waals surface area contributed by atoms with Crippen LogP contribution in [0.5, 0.6) is 5.75 Å². The summed E-state index contributed by atoms with van der Waals surface area (Å²) in [6.07, 6.45) is 0.531. The normalized spacial score (nSPS) is 12.6. The van der Waals surface area contributed by atoms with E-state index in [0.717, 1.165) is 17.2 Å². The first-order chi connectivity index (χ1) is 15.0. The van der Waals surface area contributed by atoms with Crippen LogP contribution in [0.2, 0.25) is 0 Å². The van der Waals surface area contributed by atoms with Crippen LogP contribution >= 0.6 is 0 Å². The number of imide groups is 1. The van der Waals surface area contributed by atoms with Crippen molar-refractivity contribution in [3.05, 3.63) is 105 Å². The van der Waals surface area contributed by atoms with Crippen molar-refractivity contribution in [1.82, 2.24) is 4.90 Å². The number of benzene rings is 3. The Labute approximate surface area is 176 Å². The van der Waals surface area contributed by atoms with E-state index in [2.05, 4.69) is 0 Å². The predicted molar refractivity (Wildman–Crippen MR) is 110 cm³/mol. The van der Waals surface area contributed by atoms with Gasteiger partial charge in [0.2, 0.25) is 0 Å². The number of para-hydroxylation sites is 1. The van der Waals surface area contributed by atoms with Gasteiger partial charge in [0.1, 0.15) is 17.9 Å². The summed E-state index contributed by atoms with van der Waals surface area (Å²) >= 11 is 0. The Morgan fingerprint density at radius 2 is 1.61 bits per heavy atom. The molecule has 0 spiro atoms. The van der Waals surface area contributed by atoms with Crippen molar-refractivity contribution in [3.63, 3.8) is 0 Å². The molecule has 2 amide bonds. The Hall–Kier alpha value is -4.33. The lowest BCUT2D eigenvalue weighted by molar-refractivity contribution is -0.385. The molecular weight excluding hydrogens is 400 g/mol. The highest BCUT2D eigenvalue weighted by atomic mass is 16.6. The lowest BCUT2D eigenvalue weighted by Gasteiger charge is -2.14. The third-order valence-corrected chi connectivity index (χ3v) is 4.89. The number of carbonyl (C=O) groups excluding carboxylic acids is 3. The largest absolute Gasteiger partial charge is 0.425 e. The number of amides is 2. The number of rotatable bonds is 6. The van der Waals surface area contributed by atoms with E-state index < -0.39 is 34.9 Å². The molecule has 1 heterocycles. The molecule has 0 fully saturated rings. The molecule has 0 unspecified atom stereocenters. The average Bonchev–Trinajstić information content (AvgIpc) is 3.00. The summed E-state index contributed by atoms with van der Waals surface area (Å²) in [6.45, 7) is -0.650. The number of ether oxygens (including phenoxy) is 1. The van der Waals surface area contributed by atoms with Crippen LogP contribution < -0.4 is 4.74 Å². The van der Waals surface area contributed by atoms with Gasteiger partial charge in [-0.2, -0.15) is 0 Å². The second-order valence-electron chi connectivity index (χ2n) is 6.90. The Morgan fingerprint density at radius 1 is 0.903 bits per heavy atom. The lowest BCUT2D eigenvalue weighted by Crippen LogP contribution is -2.36. The van der Waals surface area contributed by atoms with Crippen molar-refractivity contribution >= 4 is 23.5 Å². The number of fused-ring (bicyclic) bond motifs is 1. The SMILES string of the molecule is O=C(CN1C(=O)c2cccc([N+](=O)[O-])c2C1=O)Oc1ccccc1Cc1ccccc1. The van der Waals surface area contributed by atoms with Crippen LogP contribution in [0, 0.1) is 10.1 Å². The van der Waals surface area contributed by atoms with Gasteiger partial charge in [-0.15, -0.1) is 0 Å². The molecule has 8 heteroatoms. The highest BCUT2D eigenvalue weighted by molar-refractivity contribution is 6.24. The third-order valence-electron chi connectivity index (χ3n) is 4.89. The fraction of sp³-hybridized carbons (Fsp3) is 0.0870. The number of nitro groups is 1. The molecular formula is C23H16N2O6. The van der Waals surface area contributed by atoms with E-state index in [0.29, 0.717) is 17.1 Å². The summed E-state index contributed by atoms with van der Waals surface area (Å²) in [5.74, 6) is -2.16. The minimum Gasteiger partial charge on any atom is -0.425 e. The Morgan fingerprint density at radius 3 is 2.35 bits per heavy atom. The molecule has 4 rings (SSSR count). The molecule has 0 aliphatic carbocycles. The molecule has 0 bridgehead atoms. The molecule has 154 valence electrons. The summed E-state index contributed by atoms with van der Waals surface area (Å²) in [6, 6.07) is 20.4. The van der Waals surface area contributed by atoms with Gasteiger partial charge in [-0.05, 0) is 23.3 Å². The number of esters is 1. The number of nitrogens with zero attached hydrogens (tertiary/aromatic N) is 2. The van der Waals surface area contributed by atoms with E-state index >= 15 is 0 Å². The molecule has 0 saturated heterocycles. The minimum absolute atomic E-state index is 0.100. The zero-order valence-corrected chi connectivity index (χ0v) is 16.2. The van der Waals surface area contributed by atoms with Gasteiger partial charge in [0.25, 0.3) is 17.5 Å². The monoisotopic (exact) mass is 416 g/mol. The molecule has 0 aromatic heterocycles. The van der Waals surface area contributed by atoms with E-state index in [4.69, 9.17) is 4.74 Å². The zero-order chi connectivity index (χ0) is 22.0. The number of carbonyl (C=O) groups is 3. The standard InChI is InChI=1S/C23H16N2O6/c26-20(31-19-12-5-4-9-16(19)13-15-7-2-1-3-8-15)14-24-22(27)17-10-6-11-18(25(29)30)21(17)23(24)28/h1-12H,13-14H2. The van der Waals surface area contributed by atoms with E-state index in [9.17, 15) is 24.5 Å². The van der Waals surface area contributed by atoms with Crippen LogP contribution in [-0.4, -0.2) is 34.2 Å². The Balaban J connectivity index is 1.52. The predicted octanol–water partition coefficient (Wildman–Crippen LogP) is 3.39. The van der Waals surface area contributed by atoms with E-state index in [1.807, 2.05) is 42.5 Å². The molecule has 0 atom stereocenters. The fourth-order valence-electron chi connectivity index (χ4n) is 3.46. The first-order valence-corrected chi connectivity index (χ1v) is 9.42. The molecule has 0 radical (unpaired) electrons. The van der Waals surface area contributed by atoms with Crippen LogP contribution in [0.1, 0.15) is 31.8 Å². The maximum atomic E-state index is 12.6. The summed E-state index contributed by atoms with van der Waals surface area (Å²) in [7, 11) is 0. The van der Waals surface area contributed by atoms with Gasteiger partial charge < -0.3 is 4.74 Å². The fourth-order valence-corrected chi connectivity index (χ4v) is 3.46. The van der Waals surface area contributed by atoms with Gasteiger partial charge in [0, 0.05) is 12.5 Å². The second kappa shape index (κ2) is 8.19. The highest BCUT2D eigenvalue weighted by Crippen LogP contribution is 2.30. The minimum atomic E-state index is -0.887. The van der Waals surface area contributed by atoms with Crippen LogP contribution in [0.25, 0.3) is 0 Å². The topological polar surface area (TPSA) is 107 Å². The van der Waals surface area contributed by atoms with E-state index in [1.165, 1.54) is 12.1 Å². The van der Waals surface area contributed by atoms with Crippen LogP contribution in [0.4, 0.5) is 5.69 Å². The summed E-state index contributed by atoms with van der Waals surface area (Å²) in [4.78, 5) is 48.8. The maximum absolute atomic E-state index is 12.6. The summed E-state index contributed by atoms with van der Waals surface area (Å²) in [5, 5.41) is 11.2. The van der Waals surface area contributed by atoms with Gasteiger partial charge in [0.15, 0.2) is 0 Å². The highest BCUT2D eigenvalue weighted by Gasteiger charge is 2.42. The second-order valence-corrected chi connectivity index (χ2v) is 6.90. The van der Waals surface area contributed by atoms with Gasteiger partial charge in [-0.25, -0.2) is 4.79 Å². The summed E-state index contributed by atoms with van der Waals surface area (Å²) in [5.41, 5.74) is 0.907. The molecule has 8 nitrogen and oxygen atoms in total. The average molecular weight is 416 g/mol. The Kier molecular flexibility index (Phi) is 5.28. The van der Waals surface area contributed by atoms with Crippen molar-refractivity contribution in [3.8, 4) is 5.75 Å². The van der Waals surface area contributed by atoms with E-state index in [1.54, 1.807) is 12.1 Å². The first kappa shape index (κ1) is 20.0. The van der Waals surface area contributed by atoms with Crippen LogP contribution in [0.15, 0.2) is 72.8 Å². The molecule has 1 aliphatic heterocycles. The number of hydrogen-bond donors (Lipinski definition) is 0. The van der Waals surface area contributed by atoms with Crippen molar-refractivity contribution in [2.24, 2.45) is 0 Å². The third kappa shape index (κ3) is 3.91. The van der Waals surface area contributed by atoms with Crippen LogP contribution in [0.3, 0.4) is 0 Å². The molecule has 0 N–H and O–H groups in total. The first-order valence-electron chi connectivity index (χ1n) is 9.42. The quantitative estimate of drug-likeness (QED) is 0.200. The summed E-state index contributed by atoms with van der Waals surface area (Å²) < 4.78 is 5.43. The van der Waals surface area contributed by atoms with Crippen LogP contribution in [-0.2, 0) is 11.2 Å². The molecule has 1 aliphatic rings. The van der Waals surface area contributed by atoms with Gasteiger partial charge in [-0.1, -0.05) is 54.6 Å². The lowest BCUT2D eigenvalue weighted by atomic mass is 10.0. The van der Waals surface area contributed by atoms with Crippen molar-refractivity contribution < 1.29 is 24.0 Å². The van der Waals surface area contributed by atoms with Crippen molar-refractivity contribution in [1.29, 1.82) is 0 Å². The van der Waals surface area contributed by atoms with Gasteiger partial charge >= 0.3 is 5.97 Å². The van der Waals surface area contributed by atoms with Crippen molar-refractivity contribution in [2.45, 2.75) is 6.42 Å².